The van der Waals surface area contributed by atoms with Crippen LogP contribution in [0.15, 0.2) is 56.1 Å². The Balaban J connectivity index is 2.13. The van der Waals surface area contributed by atoms with Gasteiger partial charge in [-0.2, -0.15) is 0 Å². The first-order valence-electron chi connectivity index (χ1n) is 6.93. The lowest BCUT2D eigenvalue weighted by Gasteiger charge is -2.24. The summed E-state index contributed by atoms with van der Waals surface area (Å²) in [5, 5.41) is 2.12. The molecule has 2 aromatic rings. The third-order valence-electron chi connectivity index (χ3n) is 3.67. The molecule has 1 aliphatic rings. The van der Waals surface area contributed by atoms with Crippen LogP contribution in [0.4, 0.5) is 5.69 Å². The SMILES string of the molecule is CN1c2ccsc2C(=O)C(=CN=S(C)(=O)c2ccc(Cl)cc2)S1(=O)=O. The molecule has 0 aliphatic carbocycles. The highest BCUT2D eigenvalue weighted by atomic mass is 35.5. The van der Waals surface area contributed by atoms with Crippen LogP contribution in [0.5, 0.6) is 0 Å². The Bertz CT molecular complexity index is 1110. The van der Waals surface area contributed by atoms with Crippen molar-refractivity contribution in [2.75, 3.05) is 17.6 Å². The lowest BCUT2D eigenvalue weighted by molar-refractivity contribution is 0.104. The van der Waals surface area contributed by atoms with Crippen molar-refractivity contribution in [2.45, 2.75) is 4.90 Å². The van der Waals surface area contributed by atoms with E-state index in [2.05, 4.69) is 4.36 Å². The lowest BCUT2D eigenvalue weighted by Crippen LogP contribution is -2.35. The smallest absolute Gasteiger partial charge is 0.269 e. The second-order valence-electron chi connectivity index (χ2n) is 5.29. The normalized spacial score (nSPS) is 20.2. The molecule has 0 fully saturated rings. The van der Waals surface area contributed by atoms with Crippen molar-refractivity contribution in [2.24, 2.45) is 4.36 Å². The first-order chi connectivity index (χ1) is 11.6. The predicted octanol–water partition coefficient (Wildman–Crippen LogP) is 3.36. The van der Waals surface area contributed by atoms with Crippen molar-refractivity contribution >= 4 is 54.2 Å². The number of sulfonamides is 1. The second-order valence-corrected chi connectivity index (χ2v) is 10.9. The summed E-state index contributed by atoms with van der Waals surface area (Å²) in [6.07, 6.45) is 2.27. The maximum Gasteiger partial charge on any atom is 0.269 e. The molecule has 0 bridgehead atoms. The Morgan fingerprint density at radius 1 is 1.24 bits per heavy atom. The van der Waals surface area contributed by atoms with E-state index in [-0.39, 0.29) is 0 Å². The van der Waals surface area contributed by atoms with Gasteiger partial charge in [0.05, 0.1) is 21.6 Å². The molecule has 3 rings (SSSR count). The molecule has 0 N–H and O–H groups in total. The number of halogens is 1. The molecule has 0 amide bonds. The largest absolute Gasteiger partial charge is 0.287 e. The number of hydrogen-bond acceptors (Lipinski definition) is 6. The van der Waals surface area contributed by atoms with E-state index in [1.165, 1.54) is 13.3 Å². The lowest BCUT2D eigenvalue weighted by atomic mass is 10.2. The van der Waals surface area contributed by atoms with E-state index in [4.69, 9.17) is 11.6 Å². The number of benzene rings is 1. The number of carbonyl (C=O) groups is 1. The maximum absolute atomic E-state index is 12.8. The molecule has 1 aromatic heterocycles. The monoisotopic (exact) mass is 416 g/mol. The molecular formula is C15H13ClN2O4S3. The number of anilines is 1. The Labute approximate surface area is 155 Å². The van der Waals surface area contributed by atoms with E-state index in [1.54, 1.807) is 35.7 Å². The summed E-state index contributed by atoms with van der Waals surface area (Å²) in [4.78, 5) is 12.7. The average molecular weight is 417 g/mol. The van der Waals surface area contributed by atoms with E-state index in [0.29, 0.717) is 20.5 Å². The molecule has 10 heteroatoms. The Hall–Kier alpha value is -1.68. The zero-order chi connectivity index (χ0) is 18.4. The molecule has 1 aliphatic heterocycles. The van der Waals surface area contributed by atoms with Gasteiger partial charge in [0.1, 0.15) is 4.88 Å². The third kappa shape index (κ3) is 3.12. The number of hydrogen-bond donors (Lipinski definition) is 0. The van der Waals surface area contributed by atoms with Crippen LogP contribution in [0.2, 0.25) is 5.02 Å². The highest BCUT2D eigenvalue weighted by molar-refractivity contribution is 7.98. The zero-order valence-electron chi connectivity index (χ0n) is 13.2. The van der Waals surface area contributed by atoms with E-state index < -0.39 is 30.4 Å². The van der Waals surface area contributed by atoms with Crippen molar-refractivity contribution in [3.8, 4) is 0 Å². The van der Waals surface area contributed by atoms with Crippen LogP contribution in [-0.2, 0) is 19.8 Å². The van der Waals surface area contributed by atoms with E-state index in [1.807, 2.05) is 0 Å². The molecule has 25 heavy (non-hydrogen) atoms. The van der Waals surface area contributed by atoms with Gasteiger partial charge in [-0.15, -0.1) is 11.3 Å². The highest BCUT2D eigenvalue weighted by Crippen LogP contribution is 2.37. The highest BCUT2D eigenvalue weighted by Gasteiger charge is 2.39. The summed E-state index contributed by atoms with van der Waals surface area (Å²) < 4.78 is 42.8. The Kier molecular flexibility index (Phi) is 4.52. The Morgan fingerprint density at radius 2 is 1.88 bits per heavy atom. The molecule has 1 atom stereocenters. The van der Waals surface area contributed by atoms with Crippen molar-refractivity contribution in [1.29, 1.82) is 0 Å². The van der Waals surface area contributed by atoms with Crippen LogP contribution in [0.3, 0.4) is 0 Å². The number of fused-ring (bicyclic) bond motifs is 1. The molecule has 1 aromatic carbocycles. The first kappa shape index (κ1) is 18.1. The van der Waals surface area contributed by atoms with E-state index >= 15 is 0 Å². The van der Waals surface area contributed by atoms with Crippen LogP contribution in [-0.4, -0.2) is 31.7 Å². The van der Waals surface area contributed by atoms with Crippen molar-refractivity contribution in [3.05, 3.63) is 56.7 Å². The number of thiophene rings is 1. The van der Waals surface area contributed by atoms with Gasteiger partial charge in [-0.3, -0.25) is 9.10 Å². The molecule has 6 nitrogen and oxygen atoms in total. The predicted molar refractivity (Wildman–Crippen MR) is 100 cm³/mol. The molecule has 0 saturated heterocycles. The van der Waals surface area contributed by atoms with Gasteiger partial charge in [0.15, 0.2) is 4.91 Å². The minimum absolute atomic E-state index is 0.313. The van der Waals surface area contributed by atoms with Gasteiger partial charge < -0.3 is 0 Å². The van der Waals surface area contributed by atoms with Gasteiger partial charge in [0.2, 0.25) is 5.78 Å². The number of allylic oxidation sites excluding steroid dienone is 1. The van der Waals surface area contributed by atoms with Gasteiger partial charge in [-0.25, -0.2) is 17.0 Å². The van der Waals surface area contributed by atoms with Gasteiger partial charge in [-0.05, 0) is 35.7 Å². The van der Waals surface area contributed by atoms with Crippen molar-refractivity contribution in [3.63, 3.8) is 0 Å². The number of nitrogens with zero attached hydrogens (tertiary/aromatic N) is 2. The van der Waals surface area contributed by atoms with Gasteiger partial charge in [-0.1, -0.05) is 11.6 Å². The van der Waals surface area contributed by atoms with E-state index in [0.717, 1.165) is 21.8 Å². The topological polar surface area (TPSA) is 83.9 Å². The van der Waals surface area contributed by atoms with Crippen molar-refractivity contribution in [1.82, 2.24) is 0 Å². The fraction of sp³-hybridized carbons (Fsp3) is 0.133. The summed E-state index contributed by atoms with van der Waals surface area (Å²) in [6.45, 7) is 0. The Morgan fingerprint density at radius 3 is 2.52 bits per heavy atom. The molecule has 1 unspecified atom stereocenters. The number of rotatable bonds is 2. The summed E-state index contributed by atoms with van der Waals surface area (Å²) >= 11 is 6.96. The summed E-state index contributed by atoms with van der Waals surface area (Å²) in [5.41, 5.74) is 0.335. The van der Waals surface area contributed by atoms with Crippen LogP contribution >= 0.6 is 22.9 Å². The minimum atomic E-state index is -4.03. The summed E-state index contributed by atoms with van der Waals surface area (Å²) in [7, 11) is -5.59. The first-order valence-corrected chi connectivity index (χ1v) is 11.5. The zero-order valence-corrected chi connectivity index (χ0v) is 16.4. The molecule has 0 radical (unpaired) electrons. The molecular weight excluding hydrogens is 404 g/mol. The second kappa shape index (κ2) is 6.24. The molecule has 0 saturated carbocycles. The molecule has 2 heterocycles. The van der Waals surface area contributed by atoms with Crippen LogP contribution in [0, 0.1) is 0 Å². The summed E-state index contributed by atoms with van der Waals surface area (Å²) in [6, 6.07) is 7.80. The summed E-state index contributed by atoms with van der Waals surface area (Å²) in [5.74, 6) is -0.641. The third-order valence-corrected chi connectivity index (χ3v) is 8.25. The standard InChI is InChI=1S/C15H13ClN2O4S3/c1-18-12-7-8-23-15(12)14(19)13(25(18,21)22)9-17-24(2,20)11-5-3-10(16)4-6-11/h3-9H,1-2H3. The van der Waals surface area contributed by atoms with Crippen LogP contribution in [0.25, 0.3) is 0 Å². The quantitative estimate of drug-likeness (QED) is 0.702. The molecule has 132 valence electrons. The van der Waals surface area contributed by atoms with Crippen LogP contribution < -0.4 is 4.31 Å². The maximum atomic E-state index is 12.8. The fourth-order valence-electron chi connectivity index (χ4n) is 2.25. The molecule has 0 spiro atoms. The van der Waals surface area contributed by atoms with Crippen LogP contribution in [0.1, 0.15) is 9.67 Å². The van der Waals surface area contributed by atoms with Gasteiger partial charge >= 0.3 is 0 Å². The number of carbonyl (C=O) groups excluding carboxylic acids is 1. The van der Waals surface area contributed by atoms with Gasteiger partial charge in [0, 0.05) is 23.2 Å². The number of Topliss-reactive ketones (excluding diaryl/α,β-unsaturated/α-hetero) is 1. The van der Waals surface area contributed by atoms with Gasteiger partial charge in [0.25, 0.3) is 10.0 Å². The van der Waals surface area contributed by atoms with Crippen molar-refractivity contribution < 1.29 is 17.4 Å². The minimum Gasteiger partial charge on any atom is -0.287 e. The average Bonchev–Trinajstić information content (AvgIpc) is 3.03. The number of ketones is 1. The van der Waals surface area contributed by atoms with E-state index in [9.17, 15) is 17.4 Å². The fourth-order valence-corrected chi connectivity index (χ4v) is 5.74.